The van der Waals surface area contributed by atoms with E-state index in [4.69, 9.17) is 0 Å². The molecule has 0 saturated heterocycles. The maximum Gasteiger partial charge on any atom is 0.0562 e. The molecule has 42 heavy (non-hydrogen) atoms. The second-order valence-electron chi connectivity index (χ2n) is 11.0. The van der Waals surface area contributed by atoms with Crippen LogP contribution in [0.5, 0.6) is 0 Å². The molecule has 0 unspecified atom stereocenters. The Morgan fingerprint density at radius 1 is 0.310 bits per heavy atom. The Balaban J connectivity index is 1.52. The van der Waals surface area contributed by atoms with Gasteiger partial charge in [0.1, 0.15) is 0 Å². The molecule has 2 nitrogen and oxygen atoms in total. The molecule has 196 valence electrons. The predicted molar refractivity (Wildman–Crippen MR) is 178 cm³/mol. The van der Waals surface area contributed by atoms with Gasteiger partial charge in [-0.2, -0.15) is 0 Å². The molecule has 0 fully saturated rings. The fourth-order valence-corrected chi connectivity index (χ4v) is 6.91. The Labute approximate surface area is 243 Å². The molecule has 0 amide bonds. The van der Waals surface area contributed by atoms with Crippen molar-refractivity contribution < 1.29 is 0 Å². The van der Waals surface area contributed by atoms with E-state index in [2.05, 4.69) is 167 Å². The van der Waals surface area contributed by atoms with E-state index in [1.807, 2.05) is 0 Å². The van der Waals surface area contributed by atoms with Gasteiger partial charge in [0.15, 0.2) is 0 Å². The van der Waals surface area contributed by atoms with Gasteiger partial charge in [0.25, 0.3) is 0 Å². The van der Waals surface area contributed by atoms with E-state index < -0.39 is 0 Å². The van der Waals surface area contributed by atoms with E-state index >= 15 is 0 Å². The summed E-state index contributed by atoms with van der Waals surface area (Å²) in [4.78, 5) is 0. The van der Waals surface area contributed by atoms with Gasteiger partial charge in [-0.25, -0.2) is 0 Å². The standard InChI is InChI=1S/C40H26N2/c1-4-14-27(15-5-1)33-25-39-40(32-22-11-10-20-30(32)33)35-24-34-31-21-12-13-23-36(31)41(28-16-6-2-7-17-28)37(34)26-38(35)42(39)29-18-8-3-9-19-29/h1-26H. The Morgan fingerprint density at radius 3 is 1.52 bits per heavy atom. The van der Waals surface area contributed by atoms with Crippen LogP contribution in [0.15, 0.2) is 158 Å². The molecule has 2 aromatic heterocycles. The molecule has 2 heteroatoms. The zero-order valence-corrected chi connectivity index (χ0v) is 22.9. The molecule has 2 heterocycles. The fourth-order valence-electron chi connectivity index (χ4n) is 6.91. The van der Waals surface area contributed by atoms with E-state index in [0.717, 1.165) is 5.69 Å². The van der Waals surface area contributed by atoms with Crippen molar-refractivity contribution >= 4 is 54.4 Å². The highest BCUT2D eigenvalue weighted by Crippen LogP contribution is 2.44. The van der Waals surface area contributed by atoms with Crippen molar-refractivity contribution in [2.24, 2.45) is 0 Å². The van der Waals surface area contributed by atoms with Crippen molar-refractivity contribution in [2.45, 2.75) is 0 Å². The molecule has 0 atom stereocenters. The maximum atomic E-state index is 2.45. The molecule has 9 aromatic rings. The molecule has 0 spiro atoms. The van der Waals surface area contributed by atoms with Gasteiger partial charge in [0, 0.05) is 32.9 Å². The predicted octanol–water partition coefficient (Wildman–Crippen LogP) is 10.7. The van der Waals surface area contributed by atoms with Crippen molar-refractivity contribution in [3.63, 3.8) is 0 Å². The number of nitrogens with zero attached hydrogens (tertiary/aromatic N) is 2. The van der Waals surface area contributed by atoms with Crippen molar-refractivity contribution in [3.8, 4) is 22.5 Å². The summed E-state index contributed by atoms with van der Waals surface area (Å²) in [7, 11) is 0. The van der Waals surface area contributed by atoms with E-state index in [9.17, 15) is 0 Å². The summed E-state index contributed by atoms with van der Waals surface area (Å²) in [5, 5.41) is 7.65. The number of benzene rings is 7. The number of hydrogen-bond acceptors (Lipinski definition) is 0. The third kappa shape index (κ3) is 3.27. The number of hydrogen-bond donors (Lipinski definition) is 0. The first-order valence-corrected chi connectivity index (χ1v) is 14.5. The lowest BCUT2D eigenvalue weighted by Crippen LogP contribution is -1.95. The fraction of sp³-hybridized carbons (Fsp3) is 0. The minimum absolute atomic E-state index is 1.16. The minimum atomic E-state index is 1.16. The zero-order chi connectivity index (χ0) is 27.6. The Hall–Kier alpha value is -5.60. The second kappa shape index (κ2) is 8.95. The zero-order valence-electron chi connectivity index (χ0n) is 22.9. The Morgan fingerprint density at radius 2 is 0.833 bits per heavy atom. The van der Waals surface area contributed by atoms with Gasteiger partial charge in [-0.15, -0.1) is 0 Å². The van der Waals surface area contributed by atoms with Crippen molar-refractivity contribution in [1.82, 2.24) is 9.13 Å². The second-order valence-corrected chi connectivity index (χ2v) is 11.0. The van der Waals surface area contributed by atoms with Crippen LogP contribution < -0.4 is 0 Å². The summed E-state index contributed by atoms with van der Waals surface area (Å²) >= 11 is 0. The van der Waals surface area contributed by atoms with Gasteiger partial charge in [-0.1, -0.05) is 109 Å². The topological polar surface area (TPSA) is 9.86 Å². The van der Waals surface area contributed by atoms with Gasteiger partial charge < -0.3 is 9.13 Å². The molecule has 0 saturated carbocycles. The van der Waals surface area contributed by atoms with E-state index in [1.165, 1.54) is 71.2 Å². The van der Waals surface area contributed by atoms with Crippen LogP contribution in [-0.2, 0) is 0 Å². The molecule has 0 aliphatic heterocycles. The summed E-state index contributed by atoms with van der Waals surface area (Å²) in [6.07, 6.45) is 0. The SMILES string of the molecule is c1ccc(-c2cc3c(c4ccccc24)c2cc4c5ccccc5n(-c5ccccc5)c4cc2n3-c2ccccc2)cc1. The third-order valence-corrected chi connectivity index (χ3v) is 8.68. The van der Waals surface area contributed by atoms with Crippen LogP contribution in [0.4, 0.5) is 0 Å². The maximum absolute atomic E-state index is 2.45. The quantitative estimate of drug-likeness (QED) is 0.213. The van der Waals surface area contributed by atoms with Crippen molar-refractivity contribution in [1.29, 1.82) is 0 Å². The average Bonchev–Trinajstić information content (AvgIpc) is 3.56. The number of fused-ring (bicyclic) bond motifs is 8. The normalized spacial score (nSPS) is 11.8. The number of rotatable bonds is 3. The van der Waals surface area contributed by atoms with Crippen molar-refractivity contribution in [3.05, 3.63) is 158 Å². The van der Waals surface area contributed by atoms with Gasteiger partial charge in [0.05, 0.1) is 22.1 Å². The monoisotopic (exact) mass is 534 g/mol. The summed E-state index contributed by atoms with van der Waals surface area (Å²) in [6, 6.07) is 57.2. The summed E-state index contributed by atoms with van der Waals surface area (Å²) in [5.41, 5.74) is 9.67. The number of para-hydroxylation sites is 3. The van der Waals surface area contributed by atoms with Crippen LogP contribution in [0.2, 0.25) is 0 Å². The highest BCUT2D eigenvalue weighted by atomic mass is 15.0. The van der Waals surface area contributed by atoms with Gasteiger partial charge in [-0.05, 0) is 70.4 Å². The van der Waals surface area contributed by atoms with Crippen LogP contribution in [-0.4, -0.2) is 9.13 Å². The molecule has 7 aromatic carbocycles. The first-order chi connectivity index (χ1) is 20.9. The van der Waals surface area contributed by atoms with Crippen LogP contribution in [0.3, 0.4) is 0 Å². The van der Waals surface area contributed by atoms with Crippen LogP contribution >= 0.6 is 0 Å². The van der Waals surface area contributed by atoms with Gasteiger partial charge >= 0.3 is 0 Å². The van der Waals surface area contributed by atoms with Gasteiger partial charge in [0.2, 0.25) is 0 Å². The lowest BCUT2D eigenvalue weighted by molar-refractivity contribution is 1.16. The first-order valence-electron chi connectivity index (χ1n) is 14.5. The van der Waals surface area contributed by atoms with Crippen LogP contribution in [0, 0.1) is 0 Å². The lowest BCUT2D eigenvalue weighted by atomic mass is 9.94. The third-order valence-electron chi connectivity index (χ3n) is 8.68. The molecule has 0 aliphatic carbocycles. The highest BCUT2D eigenvalue weighted by Gasteiger charge is 2.21. The Kier molecular flexibility index (Phi) is 4.93. The first kappa shape index (κ1) is 23.1. The van der Waals surface area contributed by atoms with Crippen LogP contribution in [0.25, 0.3) is 76.9 Å². The average molecular weight is 535 g/mol. The minimum Gasteiger partial charge on any atom is -0.309 e. The molecule has 0 bridgehead atoms. The van der Waals surface area contributed by atoms with Gasteiger partial charge in [-0.3, -0.25) is 0 Å². The summed E-state index contributed by atoms with van der Waals surface area (Å²) in [5.74, 6) is 0. The summed E-state index contributed by atoms with van der Waals surface area (Å²) < 4.78 is 4.86. The van der Waals surface area contributed by atoms with Crippen molar-refractivity contribution in [2.75, 3.05) is 0 Å². The molecule has 9 rings (SSSR count). The molecular formula is C40H26N2. The number of aromatic nitrogens is 2. The molecule has 0 radical (unpaired) electrons. The molecule has 0 aliphatic rings. The smallest absolute Gasteiger partial charge is 0.0562 e. The summed E-state index contributed by atoms with van der Waals surface area (Å²) in [6.45, 7) is 0. The largest absolute Gasteiger partial charge is 0.309 e. The molecular weight excluding hydrogens is 508 g/mol. The van der Waals surface area contributed by atoms with E-state index in [-0.39, 0.29) is 0 Å². The Bertz CT molecular complexity index is 2430. The lowest BCUT2D eigenvalue weighted by Gasteiger charge is -2.12. The molecule has 0 N–H and O–H groups in total. The highest BCUT2D eigenvalue weighted by molar-refractivity contribution is 6.27. The van der Waals surface area contributed by atoms with E-state index in [0.29, 0.717) is 0 Å². The van der Waals surface area contributed by atoms with E-state index in [1.54, 1.807) is 0 Å². The van der Waals surface area contributed by atoms with Crippen LogP contribution in [0.1, 0.15) is 0 Å².